The predicted octanol–water partition coefficient (Wildman–Crippen LogP) is 3.27. The van der Waals surface area contributed by atoms with Gasteiger partial charge in [-0.05, 0) is 24.3 Å². The zero-order valence-electron chi connectivity index (χ0n) is 10.7. The Kier molecular flexibility index (Phi) is 4.11. The molecule has 6 heteroatoms. The van der Waals surface area contributed by atoms with Crippen LogP contribution in [0, 0.1) is 0 Å². The average molecular weight is 305 g/mol. The van der Waals surface area contributed by atoms with Gasteiger partial charge in [-0.1, -0.05) is 29.8 Å². The molecule has 3 rings (SSSR count). The van der Waals surface area contributed by atoms with E-state index in [1.54, 1.807) is 17.7 Å². The van der Waals surface area contributed by atoms with Crippen LogP contribution < -0.4 is 5.32 Å². The van der Waals surface area contributed by atoms with Crippen molar-refractivity contribution in [1.29, 1.82) is 0 Å². The maximum absolute atomic E-state index is 5.91. The van der Waals surface area contributed by atoms with Crippen molar-refractivity contribution in [2.24, 2.45) is 0 Å². The molecule has 0 amide bonds. The van der Waals surface area contributed by atoms with Gasteiger partial charge in [-0.2, -0.15) is 0 Å². The summed E-state index contributed by atoms with van der Waals surface area (Å²) in [5.41, 5.74) is 1.06. The molecule has 1 aromatic carbocycles. The van der Waals surface area contributed by atoms with Gasteiger partial charge in [-0.3, -0.25) is 4.57 Å². The van der Waals surface area contributed by atoms with Crippen LogP contribution in [-0.4, -0.2) is 14.8 Å². The van der Waals surface area contributed by atoms with E-state index >= 15 is 0 Å². The van der Waals surface area contributed by atoms with Gasteiger partial charge in [0, 0.05) is 17.1 Å². The fourth-order valence-corrected chi connectivity index (χ4v) is 2.99. The van der Waals surface area contributed by atoms with Gasteiger partial charge in [0.25, 0.3) is 0 Å². The molecular weight excluding hydrogens is 292 g/mol. The number of nitrogens with zero attached hydrogens (tertiary/aromatic N) is 3. The molecule has 0 aliphatic carbocycles. The summed E-state index contributed by atoms with van der Waals surface area (Å²) in [6.45, 7) is 1.43. The summed E-state index contributed by atoms with van der Waals surface area (Å²) in [6, 6.07) is 14.0. The van der Waals surface area contributed by atoms with E-state index in [2.05, 4.69) is 15.5 Å². The Morgan fingerprint density at radius 2 is 1.95 bits per heavy atom. The number of hydrogen-bond donors (Lipinski definition) is 1. The smallest absolute Gasteiger partial charge is 0.151 e. The molecule has 102 valence electrons. The summed E-state index contributed by atoms with van der Waals surface area (Å²) in [4.78, 5) is 1.21. The second kappa shape index (κ2) is 6.17. The Morgan fingerprint density at radius 3 is 2.70 bits per heavy atom. The van der Waals surface area contributed by atoms with Gasteiger partial charge < -0.3 is 5.32 Å². The summed E-state index contributed by atoms with van der Waals surface area (Å²) in [5, 5.41) is 11.5. The highest BCUT2D eigenvalue weighted by Gasteiger charge is 2.06. The third kappa shape index (κ3) is 3.07. The minimum atomic E-state index is 0.657. The van der Waals surface area contributed by atoms with Crippen LogP contribution in [0.3, 0.4) is 0 Å². The van der Waals surface area contributed by atoms with Gasteiger partial charge in [0.15, 0.2) is 5.82 Å². The van der Waals surface area contributed by atoms with E-state index in [1.807, 2.05) is 47.0 Å². The first-order valence-corrected chi connectivity index (χ1v) is 7.41. The van der Waals surface area contributed by atoms with Crippen LogP contribution in [-0.2, 0) is 13.1 Å². The summed E-state index contributed by atoms with van der Waals surface area (Å²) in [6.07, 6.45) is 1.73. The van der Waals surface area contributed by atoms with Crippen LogP contribution in [0.4, 0.5) is 0 Å². The molecule has 0 unspecified atom stereocenters. The van der Waals surface area contributed by atoms with Crippen molar-refractivity contribution in [3.8, 4) is 5.69 Å². The molecule has 1 N–H and O–H groups in total. The van der Waals surface area contributed by atoms with E-state index in [4.69, 9.17) is 11.6 Å². The van der Waals surface area contributed by atoms with Crippen LogP contribution in [0.15, 0.2) is 48.8 Å². The number of hydrogen-bond acceptors (Lipinski definition) is 4. The van der Waals surface area contributed by atoms with Crippen LogP contribution in [0.2, 0.25) is 4.34 Å². The van der Waals surface area contributed by atoms with Crippen LogP contribution >= 0.6 is 22.9 Å². The molecule has 0 aliphatic heterocycles. The lowest BCUT2D eigenvalue weighted by Gasteiger charge is -2.06. The quantitative estimate of drug-likeness (QED) is 0.786. The first-order chi connectivity index (χ1) is 9.83. The molecule has 0 spiro atoms. The summed E-state index contributed by atoms with van der Waals surface area (Å²) < 4.78 is 2.79. The largest absolute Gasteiger partial charge is 0.305 e. The molecule has 0 bridgehead atoms. The zero-order valence-corrected chi connectivity index (χ0v) is 12.2. The maximum atomic E-state index is 5.91. The molecule has 0 fully saturated rings. The lowest BCUT2D eigenvalue weighted by molar-refractivity contribution is 0.657. The van der Waals surface area contributed by atoms with Crippen molar-refractivity contribution in [2.45, 2.75) is 13.1 Å². The standard InChI is InChI=1S/C14H13ClN4S/c15-13-7-6-12(20-13)8-16-9-14-18-17-10-19(14)11-4-2-1-3-5-11/h1-7,10,16H,8-9H2. The average Bonchev–Trinajstić information content (AvgIpc) is 3.09. The zero-order chi connectivity index (χ0) is 13.8. The number of halogens is 1. The molecule has 0 saturated carbocycles. The summed E-state index contributed by atoms with van der Waals surface area (Å²) in [5.74, 6) is 0.888. The summed E-state index contributed by atoms with van der Waals surface area (Å²) >= 11 is 7.49. The topological polar surface area (TPSA) is 42.7 Å². The molecule has 0 radical (unpaired) electrons. The highest BCUT2D eigenvalue weighted by Crippen LogP contribution is 2.21. The van der Waals surface area contributed by atoms with E-state index in [-0.39, 0.29) is 0 Å². The normalized spacial score (nSPS) is 10.8. The monoisotopic (exact) mass is 304 g/mol. The lowest BCUT2D eigenvalue weighted by Crippen LogP contribution is -2.15. The number of nitrogens with one attached hydrogen (secondary N) is 1. The van der Waals surface area contributed by atoms with Crippen molar-refractivity contribution in [3.05, 3.63) is 63.8 Å². The molecular formula is C14H13ClN4S. The first-order valence-electron chi connectivity index (χ1n) is 6.22. The fraction of sp³-hybridized carbons (Fsp3) is 0.143. The van der Waals surface area contributed by atoms with Crippen molar-refractivity contribution < 1.29 is 0 Å². The van der Waals surface area contributed by atoms with E-state index in [0.717, 1.165) is 22.4 Å². The lowest BCUT2D eigenvalue weighted by atomic mass is 10.3. The van der Waals surface area contributed by atoms with E-state index in [9.17, 15) is 0 Å². The van der Waals surface area contributed by atoms with Crippen molar-refractivity contribution in [2.75, 3.05) is 0 Å². The number of rotatable bonds is 5. The Bertz CT molecular complexity index is 677. The van der Waals surface area contributed by atoms with Crippen LogP contribution in [0.5, 0.6) is 0 Å². The van der Waals surface area contributed by atoms with Crippen molar-refractivity contribution in [1.82, 2.24) is 20.1 Å². The van der Waals surface area contributed by atoms with Gasteiger partial charge in [0.05, 0.1) is 10.9 Å². The predicted molar refractivity (Wildman–Crippen MR) is 81.2 cm³/mol. The molecule has 20 heavy (non-hydrogen) atoms. The molecule has 4 nitrogen and oxygen atoms in total. The highest BCUT2D eigenvalue weighted by atomic mass is 35.5. The van der Waals surface area contributed by atoms with Crippen LogP contribution in [0.1, 0.15) is 10.7 Å². The van der Waals surface area contributed by atoms with E-state index in [1.165, 1.54) is 4.88 Å². The van der Waals surface area contributed by atoms with Gasteiger partial charge in [-0.15, -0.1) is 21.5 Å². The number of thiophene rings is 1. The van der Waals surface area contributed by atoms with Crippen molar-refractivity contribution in [3.63, 3.8) is 0 Å². The van der Waals surface area contributed by atoms with Crippen LogP contribution in [0.25, 0.3) is 5.69 Å². The Balaban J connectivity index is 1.65. The SMILES string of the molecule is Clc1ccc(CNCc2nncn2-c2ccccc2)s1. The second-order valence-electron chi connectivity index (χ2n) is 4.26. The fourth-order valence-electron chi connectivity index (χ4n) is 1.93. The molecule has 0 aliphatic rings. The summed E-state index contributed by atoms with van der Waals surface area (Å²) in [7, 11) is 0. The molecule has 3 aromatic rings. The minimum absolute atomic E-state index is 0.657. The third-order valence-corrected chi connectivity index (χ3v) is 4.10. The Hall–Kier alpha value is -1.69. The van der Waals surface area contributed by atoms with Gasteiger partial charge in [-0.25, -0.2) is 0 Å². The van der Waals surface area contributed by atoms with E-state index < -0.39 is 0 Å². The molecule has 0 atom stereocenters. The van der Waals surface area contributed by atoms with Crippen molar-refractivity contribution >= 4 is 22.9 Å². The van der Waals surface area contributed by atoms with E-state index in [0.29, 0.717) is 6.54 Å². The number of aromatic nitrogens is 3. The second-order valence-corrected chi connectivity index (χ2v) is 6.06. The number of benzene rings is 1. The highest BCUT2D eigenvalue weighted by molar-refractivity contribution is 7.16. The molecule has 0 saturated heterocycles. The Morgan fingerprint density at radius 1 is 1.10 bits per heavy atom. The van der Waals surface area contributed by atoms with Gasteiger partial charge in [0.1, 0.15) is 6.33 Å². The first kappa shape index (κ1) is 13.3. The molecule has 2 aromatic heterocycles. The maximum Gasteiger partial charge on any atom is 0.151 e. The molecule has 2 heterocycles. The van der Waals surface area contributed by atoms with Gasteiger partial charge in [0.2, 0.25) is 0 Å². The number of para-hydroxylation sites is 1. The minimum Gasteiger partial charge on any atom is -0.305 e. The third-order valence-electron chi connectivity index (χ3n) is 2.86. The Labute approximate surface area is 126 Å². The van der Waals surface area contributed by atoms with Gasteiger partial charge >= 0.3 is 0 Å².